The van der Waals surface area contributed by atoms with Crippen LogP contribution in [0.3, 0.4) is 0 Å². The molecule has 4 unspecified atom stereocenters. The topological polar surface area (TPSA) is 114 Å². The summed E-state index contributed by atoms with van der Waals surface area (Å²) >= 11 is 3.47. The van der Waals surface area contributed by atoms with Crippen molar-refractivity contribution in [3.05, 3.63) is 70.2 Å². The Morgan fingerprint density at radius 2 is 1.63 bits per heavy atom. The Morgan fingerprint density at radius 3 is 2.23 bits per heavy atom. The van der Waals surface area contributed by atoms with Crippen molar-refractivity contribution in [2.75, 3.05) is 0 Å². The van der Waals surface area contributed by atoms with Crippen LogP contribution in [0.15, 0.2) is 59.1 Å². The minimum atomic E-state index is -1.97. The van der Waals surface area contributed by atoms with Crippen molar-refractivity contribution in [1.82, 2.24) is 0 Å². The van der Waals surface area contributed by atoms with Crippen molar-refractivity contribution in [3.63, 3.8) is 0 Å². The molecule has 30 heavy (non-hydrogen) atoms. The Bertz CT molecular complexity index is 1130. The number of nitrogens with one attached hydrogen (secondary N) is 1. The van der Waals surface area contributed by atoms with E-state index in [1.54, 1.807) is 25.1 Å². The van der Waals surface area contributed by atoms with Crippen LogP contribution in [-0.4, -0.2) is 11.7 Å². The predicted octanol–water partition coefficient (Wildman–Crippen LogP) is 4.65. The highest BCUT2D eigenvalue weighted by molar-refractivity contribution is 9.10. The van der Waals surface area contributed by atoms with Crippen molar-refractivity contribution in [3.8, 4) is 18.2 Å². The zero-order valence-electron chi connectivity index (χ0n) is 16.1. The fourth-order valence-electron chi connectivity index (χ4n) is 4.70. The summed E-state index contributed by atoms with van der Waals surface area (Å²) in [7, 11) is 0. The Kier molecular flexibility index (Phi) is 4.66. The van der Waals surface area contributed by atoms with Crippen LogP contribution in [0.1, 0.15) is 24.2 Å². The van der Waals surface area contributed by atoms with E-state index in [9.17, 15) is 15.8 Å². The van der Waals surface area contributed by atoms with Gasteiger partial charge in [-0.3, -0.25) is 5.41 Å². The maximum absolute atomic E-state index is 10.4. The van der Waals surface area contributed by atoms with E-state index in [2.05, 4.69) is 34.1 Å². The van der Waals surface area contributed by atoms with Crippen molar-refractivity contribution in [2.24, 2.45) is 16.7 Å². The molecule has 0 aliphatic carbocycles. The molecule has 1 N–H and O–H groups in total. The third-order valence-electron chi connectivity index (χ3n) is 6.19. The second-order valence-corrected chi connectivity index (χ2v) is 8.51. The number of nitriles is 3. The SMILES string of the molecule is CC12OC(=N)C(C#N)(C1Cc1ccccc1)C(C#N)(C#N)C(c1ccccc1Br)O2. The molecule has 2 saturated heterocycles. The van der Waals surface area contributed by atoms with Gasteiger partial charge in [-0.05, 0) is 23.6 Å². The van der Waals surface area contributed by atoms with Gasteiger partial charge in [-0.25, -0.2) is 0 Å². The maximum Gasteiger partial charge on any atom is 0.215 e. The maximum atomic E-state index is 10.4. The van der Waals surface area contributed by atoms with E-state index < -0.39 is 34.5 Å². The number of halogens is 1. The fourth-order valence-corrected chi connectivity index (χ4v) is 5.20. The zero-order valence-corrected chi connectivity index (χ0v) is 17.7. The number of benzene rings is 2. The van der Waals surface area contributed by atoms with Crippen molar-refractivity contribution in [1.29, 1.82) is 21.2 Å². The average molecular weight is 461 g/mol. The molecule has 4 atom stereocenters. The lowest BCUT2D eigenvalue weighted by molar-refractivity contribution is -0.272. The number of nitrogens with zero attached hydrogens (tertiary/aromatic N) is 3. The van der Waals surface area contributed by atoms with E-state index in [1.165, 1.54) is 0 Å². The smallest absolute Gasteiger partial charge is 0.215 e. The number of rotatable bonds is 3. The molecule has 7 heteroatoms. The van der Waals surface area contributed by atoms with Crippen LogP contribution in [0, 0.1) is 56.2 Å². The molecule has 0 saturated carbocycles. The Hall–Kier alpha value is -3.18. The molecule has 2 aromatic carbocycles. The standard InChI is InChI=1S/C23H17BrN4O2/c1-21-18(11-15-7-3-2-4-8-15)23(14-27,20(28)30-21)22(12-25,13-26)19(29-21)16-9-5-6-10-17(16)24/h2-10,18-19,28H,11H2,1H3. The lowest BCUT2D eigenvalue weighted by Gasteiger charge is -2.49. The first-order valence-electron chi connectivity index (χ1n) is 9.36. The molecule has 2 aliphatic heterocycles. The van der Waals surface area contributed by atoms with Crippen molar-refractivity contribution >= 4 is 21.8 Å². The van der Waals surface area contributed by atoms with Crippen LogP contribution in [0.5, 0.6) is 0 Å². The van der Waals surface area contributed by atoms with Crippen LogP contribution < -0.4 is 0 Å². The first kappa shape index (κ1) is 20.1. The third kappa shape index (κ3) is 2.45. The summed E-state index contributed by atoms with van der Waals surface area (Å²) in [6.45, 7) is 1.68. The van der Waals surface area contributed by atoms with Crippen LogP contribution in [0.4, 0.5) is 0 Å². The molecule has 2 heterocycles. The highest BCUT2D eigenvalue weighted by atomic mass is 79.9. The molecule has 2 aromatic rings. The molecule has 6 nitrogen and oxygen atoms in total. The van der Waals surface area contributed by atoms with Gasteiger partial charge >= 0.3 is 0 Å². The minimum Gasteiger partial charge on any atom is -0.448 e. The molecule has 4 rings (SSSR count). The quantitative estimate of drug-likeness (QED) is 0.715. The summed E-state index contributed by atoms with van der Waals surface area (Å²) in [6.07, 6.45) is -0.760. The van der Waals surface area contributed by atoms with Crippen LogP contribution in [-0.2, 0) is 15.9 Å². The van der Waals surface area contributed by atoms with Crippen molar-refractivity contribution < 1.29 is 9.47 Å². The minimum absolute atomic E-state index is 0.321. The highest BCUT2D eigenvalue weighted by Crippen LogP contribution is 2.67. The number of ether oxygens (including phenoxy) is 2. The van der Waals surface area contributed by atoms with Gasteiger partial charge in [-0.1, -0.05) is 64.5 Å². The second-order valence-electron chi connectivity index (χ2n) is 7.66. The zero-order chi connectivity index (χ0) is 21.6. The van der Waals surface area contributed by atoms with Crippen molar-refractivity contribution in [2.45, 2.75) is 25.2 Å². The van der Waals surface area contributed by atoms with Gasteiger partial charge in [0, 0.05) is 11.4 Å². The number of hydrogen-bond acceptors (Lipinski definition) is 6. The Balaban J connectivity index is 1.97. The van der Waals surface area contributed by atoms with E-state index >= 15 is 0 Å². The molecule has 0 aromatic heterocycles. The van der Waals surface area contributed by atoms with Crippen LogP contribution in [0.2, 0.25) is 0 Å². The fraction of sp³-hybridized carbons (Fsp3) is 0.304. The van der Waals surface area contributed by atoms with Gasteiger partial charge in [0.1, 0.15) is 6.10 Å². The van der Waals surface area contributed by atoms with E-state index in [-0.39, 0.29) is 0 Å². The highest BCUT2D eigenvalue weighted by Gasteiger charge is 2.79. The van der Waals surface area contributed by atoms with Gasteiger partial charge in [0.2, 0.25) is 17.1 Å². The molecule has 0 radical (unpaired) electrons. The summed E-state index contributed by atoms with van der Waals surface area (Å²) in [5.74, 6) is -2.46. The van der Waals surface area contributed by atoms with Crippen LogP contribution >= 0.6 is 15.9 Å². The molecule has 148 valence electrons. The first-order chi connectivity index (χ1) is 14.4. The average Bonchev–Trinajstić information content (AvgIpc) is 2.91. The van der Waals surface area contributed by atoms with E-state index in [0.717, 1.165) is 5.56 Å². The summed E-state index contributed by atoms with van der Waals surface area (Å²) in [5, 5.41) is 39.6. The van der Waals surface area contributed by atoms with Crippen LogP contribution in [0.25, 0.3) is 0 Å². The summed E-state index contributed by atoms with van der Waals surface area (Å²) < 4.78 is 12.8. The normalized spacial score (nSPS) is 31.1. The number of fused-ring (bicyclic) bond motifs is 2. The lowest BCUT2D eigenvalue weighted by Crippen LogP contribution is -2.59. The largest absolute Gasteiger partial charge is 0.448 e. The summed E-state index contributed by atoms with van der Waals surface area (Å²) in [4.78, 5) is 0. The molecule has 2 fully saturated rings. The monoisotopic (exact) mass is 460 g/mol. The van der Waals surface area contributed by atoms with Gasteiger partial charge < -0.3 is 9.47 Å². The Labute approximate surface area is 182 Å². The van der Waals surface area contributed by atoms with Gasteiger partial charge in [0.05, 0.1) is 24.1 Å². The third-order valence-corrected chi connectivity index (χ3v) is 6.91. The summed E-state index contributed by atoms with van der Waals surface area (Å²) in [6, 6.07) is 22.9. The van der Waals surface area contributed by atoms with Gasteiger partial charge in [-0.15, -0.1) is 0 Å². The summed E-state index contributed by atoms with van der Waals surface area (Å²) in [5.41, 5.74) is -2.31. The molecule has 0 spiro atoms. The first-order valence-corrected chi connectivity index (χ1v) is 10.2. The van der Waals surface area contributed by atoms with Gasteiger partial charge in [-0.2, -0.15) is 15.8 Å². The molecular formula is C23H17BrN4O2. The molecule has 2 aliphatic rings. The Morgan fingerprint density at radius 1 is 1.00 bits per heavy atom. The second kappa shape index (κ2) is 6.96. The van der Waals surface area contributed by atoms with E-state index in [4.69, 9.17) is 14.9 Å². The van der Waals surface area contributed by atoms with Gasteiger partial charge in [0.15, 0.2) is 5.41 Å². The number of hydrogen-bond donors (Lipinski definition) is 1. The molecule has 2 bridgehead atoms. The predicted molar refractivity (Wildman–Crippen MR) is 111 cm³/mol. The van der Waals surface area contributed by atoms with E-state index in [1.807, 2.05) is 36.4 Å². The van der Waals surface area contributed by atoms with E-state index in [0.29, 0.717) is 16.5 Å². The molecule has 0 amide bonds. The van der Waals surface area contributed by atoms with Gasteiger partial charge in [0.25, 0.3) is 0 Å². The molecular weight excluding hydrogens is 444 g/mol. The lowest BCUT2D eigenvalue weighted by atomic mass is 9.52.